The summed E-state index contributed by atoms with van der Waals surface area (Å²) >= 11 is 5.86. The van der Waals surface area contributed by atoms with Crippen LogP contribution in [0.15, 0.2) is 47.4 Å². The quantitative estimate of drug-likeness (QED) is 0.809. The van der Waals surface area contributed by atoms with Crippen molar-refractivity contribution in [2.24, 2.45) is 0 Å². The summed E-state index contributed by atoms with van der Waals surface area (Å²) in [5.41, 5.74) is 0.776. The summed E-state index contributed by atoms with van der Waals surface area (Å²) in [5.74, 6) is -0.638. The minimum absolute atomic E-state index is 0.0517. The number of phenols is 1. The highest BCUT2D eigenvalue weighted by Crippen LogP contribution is 2.27. The Kier molecular flexibility index (Phi) is 5.28. The Labute approximate surface area is 139 Å². The number of amides is 1. The van der Waals surface area contributed by atoms with Crippen LogP contribution in [-0.4, -0.2) is 25.2 Å². The van der Waals surface area contributed by atoms with Crippen LogP contribution in [0.5, 0.6) is 5.75 Å². The van der Waals surface area contributed by atoms with Gasteiger partial charge in [0.1, 0.15) is 5.75 Å². The van der Waals surface area contributed by atoms with Crippen LogP contribution in [0.1, 0.15) is 12.5 Å². The number of phenolic OH excluding ortho intramolecular Hbond substituents is 1. The molecule has 23 heavy (non-hydrogen) atoms. The summed E-state index contributed by atoms with van der Waals surface area (Å²) in [6.07, 6.45) is 0.0603. The Balaban J connectivity index is 2.19. The molecule has 1 amide bonds. The molecule has 0 spiro atoms. The molecule has 0 aliphatic rings. The fraction of sp³-hybridized carbons (Fsp3) is 0.188. The molecule has 5 nitrogen and oxygen atoms in total. The first kappa shape index (κ1) is 17.3. The molecule has 0 fully saturated rings. The highest BCUT2D eigenvalue weighted by Gasteiger charge is 2.15. The van der Waals surface area contributed by atoms with E-state index < -0.39 is 9.84 Å². The summed E-state index contributed by atoms with van der Waals surface area (Å²) in [6.45, 7) is 1.53. The predicted molar refractivity (Wildman–Crippen MR) is 89.6 cm³/mol. The number of sulfone groups is 1. The van der Waals surface area contributed by atoms with Crippen molar-refractivity contribution in [1.29, 1.82) is 0 Å². The van der Waals surface area contributed by atoms with Gasteiger partial charge in [-0.2, -0.15) is 0 Å². The van der Waals surface area contributed by atoms with Gasteiger partial charge in [-0.15, -0.1) is 0 Å². The van der Waals surface area contributed by atoms with Gasteiger partial charge in [-0.1, -0.05) is 30.7 Å². The first-order valence-corrected chi connectivity index (χ1v) is 8.95. The lowest BCUT2D eigenvalue weighted by Gasteiger charge is -2.10. The second-order valence-corrected chi connectivity index (χ2v) is 7.65. The lowest BCUT2D eigenvalue weighted by Crippen LogP contribution is -2.15. The molecule has 0 aromatic heterocycles. The second kappa shape index (κ2) is 7.02. The Morgan fingerprint density at radius 2 is 1.96 bits per heavy atom. The number of carbonyl (C=O) groups excluding carboxylic acids is 1. The van der Waals surface area contributed by atoms with Gasteiger partial charge >= 0.3 is 0 Å². The van der Waals surface area contributed by atoms with E-state index in [2.05, 4.69) is 5.32 Å². The van der Waals surface area contributed by atoms with Gasteiger partial charge in [-0.05, 0) is 35.9 Å². The molecule has 7 heteroatoms. The smallest absolute Gasteiger partial charge is 0.228 e. The molecular weight excluding hydrogens is 338 g/mol. The lowest BCUT2D eigenvalue weighted by molar-refractivity contribution is -0.115. The summed E-state index contributed by atoms with van der Waals surface area (Å²) in [5, 5.41) is 12.8. The van der Waals surface area contributed by atoms with Crippen LogP contribution in [0.25, 0.3) is 0 Å². The maximum Gasteiger partial charge on any atom is 0.228 e. The van der Waals surface area contributed by atoms with Crippen molar-refractivity contribution in [3.05, 3.63) is 53.1 Å². The first-order chi connectivity index (χ1) is 10.8. The van der Waals surface area contributed by atoms with E-state index in [-0.39, 0.29) is 34.4 Å². The number of aromatic hydroxyl groups is 1. The van der Waals surface area contributed by atoms with Gasteiger partial charge in [0.05, 0.1) is 22.8 Å². The SMILES string of the molecule is CCS(=O)(=O)c1ccc(O)c(NC(=O)Cc2cccc(Cl)c2)c1. The molecule has 122 valence electrons. The third kappa shape index (κ3) is 4.46. The highest BCUT2D eigenvalue weighted by molar-refractivity contribution is 7.91. The average molecular weight is 354 g/mol. The van der Waals surface area contributed by atoms with Crippen LogP contribution in [0.4, 0.5) is 5.69 Å². The van der Waals surface area contributed by atoms with Crippen molar-refractivity contribution in [2.75, 3.05) is 11.1 Å². The van der Waals surface area contributed by atoms with Crippen LogP contribution in [0, 0.1) is 0 Å². The minimum Gasteiger partial charge on any atom is -0.506 e. The van der Waals surface area contributed by atoms with Gasteiger partial charge in [0.25, 0.3) is 0 Å². The molecule has 0 saturated heterocycles. The van der Waals surface area contributed by atoms with Gasteiger partial charge in [0, 0.05) is 5.02 Å². The molecule has 0 heterocycles. The van der Waals surface area contributed by atoms with Gasteiger partial charge in [0.15, 0.2) is 9.84 Å². The largest absolute Gasteiger partial charge is 0.506 e. The Morgan fingerprint density at radius 3 is 2.61 bits per heavy atom. The molecule has 2 aromatic carbocycles. The number of rotatable bonds is 5. The summed E-state index contributed by atoms with van der Waals surface area (Å²) in [6, 6.07) is 10.7. The third-order valence-electron chi connectivity index (χ3n) is 3.23. The molecule has 2 rings (SSSR count). The zero-order chi connectivity index (χ0) is 17.0. The summed E-state index contributed by atoms with van der Waals surface area (Å²) in [4.78, 5) is 12.1. The first-order valence-electron chi connectivity index (χ1n) is 6.92. The maximum absolute atomic E-state index is 12.1. The number of hydrogen-bond donors (Lipinski definition) is 2. The molecule has 0 unspecified atom stereocenters. The Morgan fingerprint density at radius 1 is 1.22 bits per heavy atom. The lowest BCUT2D eigenvalue weighted by atomic mass is 10.1. The van der Waals surface area contributed by atoms with E-state index in [1.807, 2.05) is 0 Å². The number of nitrogens with one attached hydrogen (secondary N) is 1. The van der Waals surface area contributed by atoms with E-state index in [0.29, 0.717) is 10.6 Å². The third-order valence-corrected chi connectivity index (χ3v) is 5.20. The number of benzene rings is 2. The molecule has 2 N–H and O–H groups in total. The Hall–Kier alpha value is -2.05. The van der Waals surface area contributed by atoms with Gasteiger partial charge in [-0.3, -0.25) is 4.79 Å². The average Bonchev–Trinajstić information content (AvgIpc) is 2.49. The van der Waals surface area contributed by atoms with E-state index in [1.165, 1.54) is 25.1 Å². The van der Waals surface area contributed by atoms with Crippen LogP contribution in [0.2, 0.25) is 5.02 Å². The molecule has 0 aliphatic heterocycles. The molecule has 0 aliphatic carbocycles. The maximum atomic E-state index is 12.1. The van der Waals surface area contributed by atoms with Crippen LogP contribution in [0.3, 0.4) is 0 Å². The van der Waals surface area contributed by atoms with E-state index in [9.17, 15) is 18.3 Å². The Bertz CT molecular complexity index is 834. The molecule has 0 radical (unpaired) electrons. The van der Waals surface area contributed by atoms with Crippen molar-refractivity contribution < 1.29 is 18.3 Å². The highest BCUT2D eigenvalue weighted by atomic mass is 35.5. The number of anilines is 1. The van der Waals surface area contributed by atoms with Crippen LogP contribution >= 0.6 is 11.6 Å². The van der Waals surface area contributed by atoms with Crippen LogP contribution < -0.4 is 5.32 Å². The molecule has 0 bridgehead atoms. The topological polar surface area (TPSA) is 83.5 Å². The van der Waals surface area contributed by atoms with Crippen molar-refractivity contribution in [2.45, 2.75) is 18.2 Å². The monoisotopic (exact) mass is 353 g/mol. The number of halogens is 1. The number of hydrogen-bond acceptors (Lipinski definition) is 4. The normalized spacial score (nSPS) is 11.2. The second-order valence-electron chi connectivity index (χ2n) is 4.94. The van der Waals surface area contributed by atoms with Gasteiger partial charge in [0.2, 0.25) is 5.91 Å². The van der Waals surface area contributed by atoms with Crippen molar-refractivity contribution in [3.8, 4) is 5.75 Å². The van der Waals surface area contributed by atoms with E-state index >= 15 is 0 Å². The standard InChI is InChI=1S/C16H16ClNO4S/c1-2-23(21,22)13-6-7-15(19)14(10-13)18-16(20)9-11-4-3-5-12(17)8-11/h3-8,10,19H,2,9H2,1H3,(H,18,20). The summed E-state index contributed by atoms with van der Waals surface area (Å²) in [7, 11) is -3.42. The molecule has 0 atom stereocenters. The van der Waals surface area contributed by atoms with Crippen LogP contribution in [-0.2, 0) is 21.1 Å². The summed E-state index contributed by atoms with van der Waals surface area (Å²) < 4.78 is 23.7. The minimum atomic E-state index is -3.42. The number of carbonyl (C=O) groups is 1. The van der Waals surface area contributed by atoms with Gasteiger partial charge < -0.3 is 10.4 Å². The van der Waals surface area contributed by atoms with E-state index in [4.69, 9.17) is 11.6 Å². The van der Waals surface area contributed by atoms with Crippen molar-refractivity contribution in [3.63, 3.8) is 0 Å². The van der Waals surface area contributed by atoms with E-state index in [0.717, 1.165) is 0 Å². The van der Waals surface area contributed by atoms with Crippen molar-refractivity contribution in [1.82, 2.24) is 0 Å². The zero-order valence-corrected chi connectivity index (χ0v) is 14.0. The molecule has 0 saturated carbocycles. The molecular formula is C16H16ClNO4S. The van der Waals surface area contributed by atoms with Crippen molar-refractivity contribution >= 4 is 33.0 Å². The zero-order valence-electron chi connectivity index (χ0n) is 12.4. The van der Waals surface area contributed by atoms with Gasteiger partial charge in [-0.25, -0.2) is 8.42 Å². The van der Waals surface area contributed by atoms with E-state index in [1.54, 1.807) is 24.3 Å². The predicted octanol–water partition coefficient (Wildman–Crippen LogP) is 3.02. The fourth-order valence-electron chi connectivity index (χ4n) is 2.00. The molecule has 2 aromatic rings. The fourth-order valence-corrected chi connectivity index (χ4v) is 3.12.